The molecule has 140 valence electrons. The van der Waals surface area contributed by atoms with Crippen LogP contribution in [-0.2, 0) is 10.0 Å². The van der Waals surface area contributed by atoms with Crippen LogP contribution in [0.5, 0.6) is 0 Å². The van der Waals surface area contributed by atoms with Gasteiger partial charge >= 0.3 is 0 Å². The highest BCUT2D eigenvalue weighted by Gasteiger charge is 2.54. The van der Waals surface area contributed by atoms with E-state index in [0.29, 0.717) is 11.0 Å². The largest absolute Gasteiger partial charge is 0.243 e. The maximum Gasteiger partial charge on any atom is 0.243 e. The molecule has 0 amide bonds. The first-order valence-corrected chi connectivity index (χ1v) is 11.9. The number of hydrogen-bond acceptors (Lipinski definition) is 5. The average molecular weight is 392 g/mol. The molecule has 5 nitrogen and oxygen atoms in total. The first-order valence-electron chi connectivity index (χ1n) is 9.73. The summed E-state index contributed by atoms with van der Waals surface area (Å²) in [6, 6.07) is 5.24. The van der Waals surface area contributed by atoms with Gasteiger partial charge in [-0.25, -0.2) is 13.1 Å². The smallest absolute Gasteiger partial charge is 0.207 e. The average Bonchev–Trinajstić information content (AvgIpc) is 3.07. The van der Waals surface area contributed by atoms with Crippen molar-refractivity contribution in [2.24, 2.45) is 23.2 Å². The monoisotopic (exact) mass is 391 g/mol. The van der Waals surface area contributed by atoms with E-state index in [0.717, 1.165) is 35.9 Å². The van der Waals surface area contributed by atoms with E-state index in [1.165, 1.54) is 38.5 Å². The van der Waals surface area contributed by atoms with Crippen molar-refractivity contribution >= 4 is 32.8 Å². The van der Waals surface area contributed by atoms with E-state index in [9.17, 15) is 8.42 Å². The van der Waals surface area contributed by atoms with Crippen LogP contribution in [0.15, 0.2) is 23.1 Å². The molecule has 1 aromatic carbocycles. The molecule has 1 aromatic heterocycles. The lowest BCUT2D eigenvalue weighted by Gasteiger charge is -2.59. The minimum absolute atomic E-state index is 0.0164. The van der Waals surface area contributed by atoms with Crippen LogP contribution in [0.1, 0.15) is 51.9 Å². The topological polar surface area (TPSA) is 72.0 Å². The van der Waals surface area contributed by atoms with E-state index in [1.54, 1.807) is 12.1 Å². The molecule has 0 unspecified atom stereocenters. The summed E-state index contributed by atoms with van der Waals surface area (Å²) in [6.07, 6.45) is 8.54. The third kappa shape index (κ3) is 2.62. The van der Waals surface area contributed by atoms with Crippen molar-refractivity contribution in [1.82, 2.24) is 13.5 Å². The zero-order valence-corrected chi connectivity index (χ0v) is 16.7. The number of hydrogen-bond donors (Lipinski definition) is 1. The molecule has 4 saturated carbocycles. The SMILES string of the molecule is CC[C@H](NS(=O)(=O)c1cccc2nsnc12)C12CC3CC(CC(C3)C1)C2. The van der Waals surface area contributed by atoms with Gasteiger partial charge in [-0.15, -0.1) is 0 Å². The molecule has 1 N–H and O–H groups in total. The molecule has 0 radical (unpaired) electrons. The van der Waals surface area contributed by atoms with Gasteiger partial charge in [0.05, 0.1) is 11.7 Å². The highest BCUT2D eigenvalue weighted by molar-refractivity contribution is 7.89. The summed E-state index contributed by atoms with van der Waals surface area (Å²) in [5.41, 5.74) is 1.30. The molecule has 2 aromatic rings. The second kappa shape index (κ2) is 5.97. The van der Waals surface area contributed by atoms with Gasteiger partial charge in [0.25, 0.3) is 0 Å². The third-order valence-corrected chi connectivity index (χ3v) is 9.11. The van der Waals surface area contributed by atoms with Crippen molar-refractivity contribution in [2.75, 3.05) is 0 Å². The van der Waals surface area contributed by atoms with E-state index in [2.05, 4.69) is 20.4 Å². The molecule has 6 rings (SSSR count). The van der Waals surface area contributed by atoms with Gasteiger partial charge in [0.15, 0.2) is 0 Å². The molecule has 1 heterocycles. The summed E-state index contributed by atoms with van der Waals surface area (Å²) in [6.45, 7) is 2.12. The zero-order valence-electron chi connectivity index (χ0n) is 15.0. The Bertz CT molecular complexity index is 902. The fourth-order valence-corrected chi connectivity index (χ4v) is 8.68. The molecular weight excluding hydrogens is 366 g/mol. The summed E-state index contributed by atoms with van der Waals surface area (Å²) in [5.74, 6) is 2.43. The second-order valence-electron chi connectivity index (χ2n) is 8.75. The molecule has 0 aliphatic heterocycles. The Kier molecular flexibility index (Phi) is 3.92. The normalized spacial score (nSPS) is 34.4. The van der Waals surface area contributed by atoms with Crippen LogP contribution in [0, 0.1) is 23.2 Å². The van der Waals surface area contributed by atoms with Crippen molar-refractivity contribution in [1.29, 1.82) is 0 Å². The molecule has 4 bridgehead atoms. The van der Waals surface area contributed by atoms with Crippen LogP contribution < -0.4 is 4.72 Å². The van der Waals surface area contributed by atoms with E-state index >= 15 is 0 Å². The van der Waals surface area contributed by atoms with Crippen LogP contribution in [0.3, 0.4) is 0 Å². The number of fused-ring (bicyclic) bond motifs is 1. The Morgan fingerprint density at radius 3 is 2.42 bits per heavy atom. The highest BCUT2D eigenvalue weighted by atomic mass is 32.2. The van der Waals surface area contributed by atoms with Crippen LogP contribution in [-0.4, -0.2) is 23.2 Å². The van der Waals surface area contributed by atoms with Crippen molar-refractivity contribution in [3.05, 3.63) is 18.2 Å². The van der Waals surface area contributed by atoms with Gasteiger partial charge in [0, 0.05) is 6.04 Å². The molecule has 4 aliphatic rings. The summed E-state index contributed by atoms with van der Waals surface area (Å²) in [7, 11) is -3.61. The summed E-state index contributed by atoms with van der Waals surface area (Å²) in [4.78, 5) is 0.270. The predicted molar refractivity (Wildman–Crippen MR) is 102 cm³/mol. The quantitative estimate of drug-likeness (QED) is 0.837. The fraction of sp³-hybridized carbons (Fsp3) is 0.684. The van der Waals surface area contributed by atoms with Gasteiger partial charge in [-0.3, -0.25) is 0 Å². The van der Waals surface area contributed by atoms with Crippen molar-refractivity contribution in [2.45, 2.75) is 62.8 Å². The van der Waals surface area contributed by atoms with Crippen LogP contribution >= 0.6 is 11.7 Å². The Morgan fingerprint density at radius 2 is 1.81 bits per heavy atom. The first kappa shape index (κ1) is 17.1. The van der Waals surface area contributed by atoms with Crippen molar-refractivity contribution in [3.63, 3.8) is 0 Å². The fourth-order valence-electron chi connectivity index (χ4n) is 6.49. The van der Waals surface area contributed by atoms with E-state index in [-0.39, 0.29) is 16.4 Å². The van der Waals surface area contributed by atoms with Gasteiger partial charge in [0.1, 0.15) is 15.9 Å². The Labute approximate surface area is 159 Å². The summed E-state index contributed by atoms with van der Waals surface area (Å²) >= 11 is 1.06. The maximum atomic E-state index is 13.2. The predicted octanol–water partition coefficient (Wildman–Crippen LogP) is 3.96. The van der Waals surface area contributed by atoms with Gasteiger partial charge in [-0.2, -0.15) is 8.75 Å². The molecule has 0 saturated heterocycles. The Balaban J connectivity index is 1.48. The van der Waals surface area contributed by atoms with Crippen LogP contribution in [0.4, 0.5) is 0 Å². The molecular formula is C19H25N3O2S2. The van der Waals surface area contributed by atoms with Crippen LogP contribution in [0.2, 0.25) is 0 Å². The molecule has 1 atom stereocenters. The van der Waals surface area contributed by atoms with Crippen molar-refractivity contribution < 1.29 is 8.42 Å². The minimum atomic E-state index is -3.61. The number of rotatable bonds is 5. The lowest BCUT2D eigenvalue weighted by atomic mass is 9.47. The van der Waals surface area contributed by atoms with E-state index in [4.69, 9.17) is 0 Å². The molecule has 7 heteroatoms. The van der Waals surface area contributed by atoms with E-state index in [1.807, 2.05) is 6.07 Å². The van der Waals surface area contributed by atoms with Crippen LogP contribution in [0.25, 0.3) is 11.0 Å². The summed E-state index contributed by atoms with van der Waals surface area (Å²) in [5, 5.41) is 0. The number of nitrogens with one attached hydrogen (secondary N) is 1. The zero-order chi connectivity index (χ0) is 17.9. The minimum Gasteiger partial charge on any atom is -0.207 e. The number of sulfonamides is 1. The molecule has 4 fully saturated rings. The van der Waals surface area contributed by atoms with Gasteiger partial charge < -0.3 is 0 Å². The Morgan fingerprint density at radius 1 is 1.15 bits per heavy atom. The maximum absolute atomic E-state index is 13.2. The Hall–Kier alpha value is -1.05. The molecule has 26 heavy (non-hydrogen) atoms. The standard InChI is InChI=1S/C19H25N3O2S2/c1-2-17(19-9-12-6-13(10-19)8-14(7-12)11-19)22-26(23,24)16-5-3-4-15-18(16)21-25-20-15/h3-5,12-14,17,22H,2,6-11H2,1H3/t12?,13?,14?,17-,19?/m0/s1. The highest BCUT2D eigenvalue weighted by Crippen LogP contribution is 2.61. The van der Waals surface area contributed by atoms with Gasteiger partial charge in [-0.05, 0) is 80.2 Å². The van der Waals surface area contributed by atoms with E-state index < -0.39 is 10.0 Å². The van der Waals surface area contributed by atoms with Gasteiger partial charge in [-0.1, -0.05) is 13.0 Å². The number of benzene rings is 1. The van der Waals surface area contributed by atoms with Crippen molar-refractivity contribution in [3.8, 4) is 0 Å². The first-order chi connectivity index (χ1) is 12.5. The second-order valence-corrected chi connectivity index (χ2v) is 11.0. The van der Waals surface area contributed by atoms with Gasteiger partial charge in [0.2, 0.25) is 10.0 Å². The lowest BCUT2D eigenvalue weighted by Crippen LogP contribution is -2.56. The summed E-state index contributed by atoms with van der Waals surface area (Å²) < 4.78 is 38.0. The number of nitrogens with zero attached hydrogens (tertiary/aromatic N) is 2. The molecule has 0 spiro atoms. The lowest BCUT2D eigenvalue weighted by molar-refractivity contribution is -0.0704. The number of aromatic nitrogens is 2. The molecule has 4 aliphatic carbocycles. The third-order valence-electron chi connectivity index (χ3n) is 7.07.